The highest BCUT2D eigenvalue weighted by Gasteiger charge is 2.50. The Bertz CT molecular complexity index is 772. The number of carbonyl (C=O) groups excluding carboxylic acids is 4. The van der Waals surface area contributed by atoms with Crippen LogP contribution >= 0.6 is 11.6 Å². The summed E-state index contributed by atoms with van der Waals surface area (Å²) in [6.45, 7) is 4.20. The Labute approximate surface area is 167 Å². The number of nitrogens with zero attached hydrogens (tertiary/aromatic N) is 1. The molecule has 1 aromatic carbocycles. The number of benzene rings is 1. The summed E-state index contributed by atoms with van der Waals surface area (Å²) < 4.78 is 5.14. The Hall–Kier alpha value is -2.65. The molecule has 2 rings (SSSR count). The second-order valence-corrected chi connectivity index (χ2v) is 6.69. The van der Waals surface area contributed by atoms with Crippen LogP contribution in [0.15, 0.2) is 24.3 Å². The maximum absolute atomic E-state index is 12.8. The van der Waals surface area contributed by atoms with Crippen LogP contribution in [0, 0.1) is 0 Å². The van der Waals surface area contributed by atoms with E-state index in [-0.39, 0.29) is 0 Å². The molecule has 0 saturated carbocycles. The van der Waals surface area contributed by atoms with Crippen LogP contribution < -0.4 is 16.0 Å². The molecule has 1 unspecified atom stereocenters. The lowest BCUT2D eigenvalue weighted by Crippen LogP contribution is -2.47. The van der Waals surface area contributed by atoms with E-state index >= 15 is 0 Å². The third-order valence-electron chi connectivity index (χ3n) is 4.20. The molecule has 0 aliphatic carbocycles. The first-order valence-corrected chi connectivity index (χ1v) is 9.22. The van der Waals surface area contributed by atoms with Crippen LogP contribution in [-0.2, 0) is 19.9 Å². The van der Waals surface area contributed by atoms with Crippen LogP contribution in [0.3, 0.4) is 0 Å². The van der Waals surface area contributed by atoms with Crippen molar-refractivity contribution in [2.24, 2.45) is 0 Å². The number of hydrogen-bond donors (Lipinski definition) is 3. The molecule has 0 radical (unpaired) electrons. The van der Waals surface area contributed by atoms with Gasteiger partial charge in [0.2, 0.25) is 5.91 Å². The van der Waals surface area contributed by atoms with Crippen molar-refractivity contribution in [2.45, 2.75) is 25.8 Å². The van der Waals surface area contributed by atoms with Crippen molar-refractivity contribution in [3.8, 4) is 0 Å². The van der Waals surface area contributed by atoms with Gasteiger partial charge in [0.05, 0.1) is 0 Å². The average molecular weight is 411 g/mol. The van der Waals surface area contributed by atoms with E-state index in [9.17, 15) is 19.2 Å². The molecular weight excluding hydrogens is 388 g/mol. The van der Waals surface area contributed by atoms with Gasteiger partial charge in [-0.1, -0.05) is 29.8 Å². The van der Waals surface area contributed by atoms with E-state index in [1.54, 1.807) is 24.3 Å². The predicted molar refractivity (Wildman–Crippen MR) is 102 cm³/mol. The third kappa shape index (κ3) is 4.99. The lowest BCUT2D eigenvalue weighted by molar-refractivity contribution is -0.134. The minimum absolute atomic E-state index is 0.316. The summed E-state index contributed by atoms with van der Waals surface area (Å²) in [6, 6.07) is 5.18. The highest BCUT2D eigenvalue weighted by Crippen LogP contribution is 2.33. The zero-order valence-electron chi connectivity index (χ0n) is 15.7. The number of rotatable bonds is 8. The number of carbonyl (C=O) groups is 4. The van der Waals surface area contributed by atoms with Crippen LogP contribution in [-0.4, -0.2) is 55.1 Å². The summed E-state index contributed by atoms with van der Waals surface area (Å²) in [5.74, 6) is -1.41. The summed E-state index contributed by atoms with van der Waals surface area (Å²) in [4.78, 5) is 49.5. The minimum atomic E-state index is -1.39. The molecule has 1 saturated heterocycles. The summed E-state index contributed by atoms with van der Waals surface area (Å²) >= 11 is 6.15. The van der Waals surface area contributed by atoms with Crippen molar-refractivity contribution in [3.63, 3.8) is 0 Å². The molecule has 1 aromatic rings. The predicted octanol–water partition coefficient (Wildman–Crippen LogP) is 1.36. The second-order valence-electron chi connectivity index (χ2n) is 6.28. The van der Waals surface area contributed by atoms with Crippen molar-refractivity contribution >= 4 is 35.5 Å². The lowest BCUT2D eigenvalue weighted by Gasteiger charge is -2.23. The molecule has 1 aliphatic heterocycles. The molecule has 0 bridgehead atoms. The molecule has 0 aromatic heterocycles. The highest BCUT2D eigenvalue weighted by atomic mass is 35.5. The normalized spacial score (nSPS) is 18.8. The monoisotopic (exact) mass is 410 g/mol. The lowest BCUT2D eigenvalue weighted by atomic mass is 9.92. The molecule has 152 valence electrons. The van der Waals surface area contributed by atoms with Crippen molar-refractivity contribution < 1.29 is 23.9 Å². The van der Waals surface area contributed by atoms with E-state index < -0.39 is 36.0 Å². The van der Waals surface area contributed by atoms with Gasteiger partial charge in [-0.15, -0.1) is 0 Å². The maximum Gasteiger partial charge on any atom is 0.325 e. The quantitative estimate of drug-likeness (QED) is 0.442. The average Bonchev–Trinajstić information content (AvgIpc) is 2.85. The van der Waals surface area contributed by atoms with Gasteiger partial charge in [0.15, 0.2) is 0 Å². The molecule has 10 heteroatoms. The Morgan fingerprint density at radius 2 is 2.00 bits per heavy atom. The second kappa shape index (κ2) is 9.52. The SMILES string of the molecule is CCOCCCNC(=O)NC(=O)CN1C(=O)NC(C)(c2ccccc2Cl)C1=O. The van der Waals surface area contributed by atoms with E-state index in [4.69, 9.17) is 16.3 Å². The Balaban J connectivity index is 1.93. The molecule has 0 spiro atoms. The van der Waals surface area contributed by atoms with E-state index in [1.165, 1.54) is 6.92 Å². The van der Waals surface area contributed by atoms with Gasteiger partial charge in [-0.25, -0.2) is 9.59 Å². The van der Waals surface area contributed by atoms with Gasteiger partial charge >= 0.3 is 12.1 Å². The molecule has 1 heterocycles. The zero-order chi connectivity index (χ0) is 20.7. The highest BCUT2D eigenvalue weighted by molar-refractivity contribution is 6.32. The molecular formula is C18H23ClN4O5. The number of imide groups is 2. The number of hydrogen-bond acceptors (Lipinski definition) is 5. The number of nitrogens with one attached hydrogen (secondary N) is 3. The topological polar surface area (TPSA) is 117 Å². The number of halogens is 1. The molecule has 3 N–H and O–H groups in total. The standard InChI is InChI=1S/C18H23ClN4O5/c1-3-28-10-6-9-20-16(26)21-14(24)11-23-15(25)18(2,22-17(23)27)12-7-4-5-8-13(12)19/h4-5,7-8H,3,6,9-11H2,1-2H3,(H,22,27)(H2,20,21,24,26). The van der Waals surface area contributed by atoms with Crippen LogP contribution in [0.2, 0.25) is 5.02 Å². The van der Waals surface area contributed by atoms with E-state index in [0.717, 1.165) is 4.90 Å². The van der Waals surface area contributed by atoms with Crippen LogP contribution in [0.5, 0.6) is 0 Å². The van der Waals surface area contributed by atoms with Crippen LogP contribution in [0.4, 0.5) is 9.59 Å². The number of urea groups is 2. The van der Waals surface area contributed by atoms with Gasteiger partial charge < -0.3 is 15.4 Å². The molecule has 9 nitrogen and oxygen atoms in total. The number of amides is 6. The summed E-state index contributed by atoms with van der Waals surface area (Å²) in [5, 5.41) is 7.46. The van der Waals surface area contributed by atoms with Gasteiger partial charge in [0.25, 0.3) is 5.91 Å². The fraction of sp³-hybridized carbons (Fsp3) is 0.444. The third-order valence-corrected chi connectivity index (χ3v) is 4.53. The maximum atomic E-state index is 12.8. The fourth-order valence-electron chi connectivity index (χ4n) is 2.76. The Kier molecular flexibility index (Phi) is 7.36. The van der Waals surface area contributed by atoms with Crippen molar-refractivity contribution in [1.82, 2.24) is 20.9 Å². The largest absolute Gasteiger partial charge is 0.382 e. The van der Waals surface area contributed by atoms with Crippen LogP contribution in [0.25, 0.3) is 0 Å². The van der Waals surface area contributed by atoms with Crippen molar-refractivity contribution in [2.75, 3.05) is 26.3 Å². The first-order valence-electron chi connectivity index (χ1n) is 8.84. The van der Waals surface area contributed by atoms with Crippen LogP contribution in [0.1, 0.15) is 25.8 Å². The van der Waals surface area contributed by atoms with E-state index in [2.05, 4.69) is 16.0 Å². The number of ether oxygens (including phenoxy) is 1. The van der Waals surface area contributed by atoms with Gasteiger partial charge in [-0.2, -0.15) is 0 Å². The smallest absolute Gasteiger partial charge is 0.325 e. The minimum Gasteiger partial charge on any atom is -0.382 e. The van der Waals surface area contributed by atoms with Gasteiger partial charge in [0, 0.05) is 30.3 Å². The Morgan fingerprint density at radius 1 is 1.29 bits per heavy atom. The molecule has 6 amide bonds. The molecule has 28 heavy (non-hydrogen) atoms. The van der Waals surface area contributed by atoms with Crippen molar-refractivity contribution in [3.05, 3.63) is 34.9 Å². The summed E-state index contributed by atoms with van der Waals surface area (Å²) in [5.41, 5.74) is -0.970. The first-order chi connectivity index (χ1) is 13.3. The summed E-state index contributed by atoms with van der Waals surface area (Å²) in [7, 11) is 0. The molecule has 1 atom stereocenters. The van der Waals surface area contributed by atoms with Gasteiger partial charge in [-0.3, -0.25) is 19.8 Å². The van der Waals surface area contributed by atoms with Gasteiger partial charge in [0.1, 0.15) is 12.1 Å². The van der Waals surface area contributed by atoms with Gasteiger partial charge in [-0.05, 0) is 26.3 Å². The first kappa shape index (κ1) is 21.6. The Morgan fingerprint density at radius 3 is 2.68 bits per heavy atom. The molecule has 1 fully saturated rings. The van der Waals surface area contributed by atoms with Crippen molar-refractivity contribution in [1.29, 1.82) is 0 Å². The molecule has 1 aliphatic rings. The van der Waals surface area contributed by atoms with E-state index in [1.807, 2.05) is 6.92 Å². The fourth-order valence-corrected chi connectivity index (χ4v) is 3.09. The summed E-state index contributed by atoms with van der Waals surface area (Å²) in [6.07, 6.45) is 0.596. The zero-order valence-corrected chi connectivity index (χ0v) is 16.5. The van der Waals surface area contributed by atoms with E-state index in [0.29, 0.717) is 36.8 Å².